The van der Waals surface area contributed by atoms with Crippen LogP contribution in [-0.2, 0) is 7.05 Å². The van der Waals surface area contributed by atoms with Crippen molar-refractivity contribution in [2.24, 2.45) is 7.05 Å². The molecule has 1 heterocycles. The minimum absolute atomic E-state index is 0.270. The van der Waals surface area contributed by atoms with Gasteiger partial charge in [0.15, 0.2) is 5.69 Å². The number of hydrogen-bond acceptors (Lipinski definition) is 4. The third kappa shape index (κ3) is 3.29. The zero-order chi connectivity index (χ0) is 15.4. The van der Waals surface area contributed by atoms with Crippen LogP contribution in [0.4, 0.5) is 5.69 Å². The van der Waals surface area contributed by atoms with Crippen molar-refractivity contribution in [3.8, 4) is 11.5 Å². The number of para-hydroxylation sites is 1. The average molecular weight is 294 g/mol. The first kappa shape index (κ1) is 13.8. The van der Waals surface area contributed by atoms with Gasteiger partial charge in [0.1, 0.15) is 11.5 Å². The molecule has 0 aliphatic carbocycles. The van der Waals surface area contributed by atoms with Crippen LogP contribution in [0.3, 0.4) is 0 Å². The van der Waals surface area contributed by atoms with Crippen LogP contribution in [0.1, 0.15) is 10.5 Å². The highest BCUT2D eigenvalue weighted by molar-refractivity contribution is 6.02. The molecule has 0 atom stereocenters. The summed E-state index contributed by atoms with van der Waals surface area (Å²) in [5, 5.41) is 10.6. The van der Waals surface area contributed by atoms with Crippen LogP contribution in [0.25, 0.3) is 0 Å². The molecule has 110 valence electrons. The first-order chi connectivity index (χ1) is 10.7. The van der Waals surface area contributed by atoms with Gasteiger partial charge in [-0.15, -0.1) is 5.10 Å². The quantitative estimate of drug-likeness (QED) is 0.803. The van der Waals surface area contributed by atoms with E-state index in [4.69, 9.17) is 4.74 Å². The summed E-state index contributed by atoms with van der Waals surface area (Å²) in [5.74, 6) is 1.16. The number of nitrogens with zero attached hydrogens (tertiary/aromatic N) is 3. The minimum atomic E-state index is -0.301. The van der Waals surface area contributed by atoms with Gasteiger partial charge in [-0.3, -0.25) is 4.79 Å². The van der Waals surface area contributed by atoms with Gasteiger partial charge in [-0.25, -0.2) is 0 Å². The van der Waals surface area contributed by atoms with Gasteiger partial charge in [-0.1, -0.05) is 18.2 Å². The van der Waals surface area contributed by atoms with Crippen LogP contribution in [0.5, 0.6) is 11.5 Å². The predicted molar refractivity (Wildman–Crippen MR) is 81.9 cm³/mol. The Morgan fingerprint density at radius 1 is 1.05 bits per heavy atom. The van der Waals surface area contributed by atoms with Crippen LogP contribution >= 0.6 is 0 Å². The molecule has 1 aromatic heterocycles. The van der Waals surface area contributed by atoms with Crippen LogP contribution in [0, 0.1) is 0 Å². The highest BCUT2D eigenvalue weighted by Gasteiger charge is 2.09. The molecule has 1 amide bonds. The second-order valence-electron chi connectivity index (χ2n) is 4.61. The van der Waals surface area contributed by atoms with E-state index in [0.717, 1.165) is 5.75 Å². The molecule has 0 saturated heterocycles. The maximum Gasteiger partial charge on any atom is 0.277 e. The van der Waals surface area contributed by atoms with E-state index in [0.29, 0.717) is 11.4 Å². The fourth-order valence-corrected chi connectivity index (χ4v) is 1.88. The van der Waals surface area contributed by atoms with Gasteiger partial charge in [-0.05, 0) is 36.4 Å². The van der Waals surface area contributed by atoms with Crippen molar-refractivity contribution in [1.29, 1.82) is 0 Å². The third-order valence-electron chi connectivity index (χ3n) is 2.92. The van der Waals surface area contributed by atoms with Crippen LogP contribution in [0.2, 0.25) is 0 Å². The molecular formula is C16H14N4O2. The Labute approximate surface area is 127 Å². The number of carbonyl (C=O) groups is 1. The Hall–Kier alpha value is -3.15. The fraction of sp³-hybridized carbons (Fsp3) is 0.0625. The Kier molecular flexibility index (Phi) is 3.82. The standard InChI is InChI=1S/C16H14N4O2/c1-20-17-11-15(19-20)16(21)18-12-7-9-14(10-8-12)22-13-5-3-2-4-6-13/h2-11H,1H3,(H,18,21). The first-order valence-electron chi connectivity index (χ1n) is 6.71. The van der Waals surface area contributed by atoms with E-state index in [9.17, 15) is 4.79 Å². The maximum absolute atomic E-state index is 11.9. The number of amides is 1. The molecule has 3 aromatic rings. The predicted octanol–water partition coefficient (Wildman–Crippen LogP) is 2.86. The van der Waals surface area contributed by atoms with Crippen molar-refractivity contribution in [2.45, 2.75) is 0 Å². The van der Waals surface area contributed by atoms with Gasteiger partial charge in [0.2, 0.25) is 0 Å². The lowest BCUT2D eigenvalue weighted by Gasteiger charge is -2.07. The van der Waals surface area contributed by atoms with Gasteiger partial charge < -0.3 is 10.1 Å². The van der Waals surface area contributed by atoms with Gasteiger partial charge in [-0.2, -0.15) is 9.90 Å². The largest absolute Gasteiger partial charge is 0.457 e. The molecule has 6 nitrogen and oxygen atoms in total. The molecule has 0 aliphatic rings. The normalized spacial score (nSPS) is 10.2. The molecule has 0 aliphatic heterocycles. The summed E-state index contributed by atoms with van der Waals surface area (Å²) in [4.78, 5) is 13.3. The van der Waals surface area contributed by atoms with E-state index in [1.54, 1.807) is 31.3 Å². The lowest BCUT2D eigenvalue weighted by atomic mass is 10.3. The highest BCUT2D eigenvalue weighted by atomic mass is 16.5. The summed E-state index contributed by atoms with van der Waals surface area (Å²) in [6.07, 6.45) is 1.42. The number of ether oxygens (including phenoxy) is 1. The highest BCUT2D eigenvalue weighted by Crippen LogP contribution is 2.22. The molecule has 0 radical (unpaired) electrons. The number of hydrogen-bond donors (Lipinski definition) is 1. The number of carbonyl (C=O) groups excluding carboxylic acids is 1. The Morgan fingerprint density at radius 2 is 1.73 bits per heavy atom. The minimum Gasteiger partial charge on any atom is -0.457 e. The average Bonchev–Trinajstić information content (AvgIpc) is 2.97. The monoisotopic (exact) mass is 294 g/mol. The molecule has 1 N–H and O–H groups in total. The van der Waals surface area contributed by atoms with Crippen LogP contribution in [0.15, 0.2) is 60.8 Å². The number of anilines is 1. The van der Waals surface area contributed by atoms with Gasteiger partial charge in [0.05, 0.1) is 6.20 Å². The molecular weight excluding hydrogens is 280 g/mol. The summed E-state index contributed by atoms with van der Waals surface area (Å²) in [6.45, 7) is 0. The van der Waals surface area contributed by atoms with E-state index in [1.807, 2.05) is 30.3 Å². The van der Waals surface area contributed by atoms with E-state index < -0.39 is 0 Å². The molecule has 0 spiro atoms. The number of rotatable bonds is 4. The van der Waals surface area contributed by atoms with Crippen molar-refractivity contribution in [1.82, 2.24) is 15.0 Å². The van der Waals surface area contributed by atoms with Crippen molar-refractivity contribution in [3.05, 3.63) is 66.5 Å². The van der Waals surface area contributed by atoms with Crippen LogP contribution in [-0.4, -0.2) is 20.9 Å². The first-order valence-corrected chi connectivity index (χ1v) is 6.71. The number of nitrogens with one attached hydrogen (secondary N) is 1. The van der Waals surface area contributed by atoms with E-state index >= 15 is 0 Å². The second-order valence-corrected chi connectivity index (χ2v) is 4.61. The molecule has 0 bridgehead atoms. The summed E-state index contributed by atoms with van der Waals surface area (Å²) in [5.41, 5.74) is 0.933. The molecule has 0 saturated carbocycles. The molecule has 0 unspecified atom stereocenters. The number of aromatic nitrogens is 3. The lowest BCUT2D eigenvalue weighted by molar-refractivity contribution is 0.102. The van der Waals surface area contributed by atoms with E-state index in [1.165, 1.54) is 11.0 Å². The van der Waals surface area contributed by atoms with Crippen molar-refractivity contribution in [3.63, 3.8) is 0 Å². The summed E-state index contributed by atoms with van der Waals surface area (Å²) in [7, 11) is 1.66. The van der Waals surface area contributed by atoms with Crippen molar-refractivity contribution >= 4 is 11.6 Å². The van der Waals surface area contributed by atoms with Gasteiger partial charge >= 0.3 is 0 Å². The Morgan fingerprint density at radius 3 is 2.36 bits per heavy atom. The Balaban J connectivity index is 1.65. The summed E-state index contributed by atoms with van der Waals surface area (Å²) >= 11 is 0. The topological polar surface area (TPSA) is 69.0 Å². The third-order valence-corrected chi connectivity index (χ3v) is 2.92. The van der Waals surface area contributed by atoms with Crippen molar-refractivity contribution < 1.29 is 9.53 Å². The Bertz CT molecular complexity index is 766. The van der Waals surface area contributed by atoms with E-state index in [-0.39, 0.29) is 11.6 Å². The second kappa shape index (κ2) is 6.09. The van der Waals surface area contributed by atoms with E-state index in [2.05, 4.69) is 15.5 Å². The van der Waals surface area contributed by atoms with Gasteiger partial charge in [0, 0.05) is 12.7 Å². The zero-order valence-corrected chi connectivity index (χ0v) is 11.9. The van der Waals surface area contributed by atoms with Crippen molar-refractivity contribution in [2.75, 3.05) is 5.32 Å². The number of aryl methyl sites for hydroxylation is 1. The molecule has 3 rings (SSSR count). The summed E-state index contributed by atoms with van der Waals surface area (Å²) in [6, 6.07) is 16.6. The smallest absolute Gasteiger partial charge is 0.277 e. The lowest BCUT2D eigenvalue weighted by Crippen LogP contribution is -2.12. The molecule has 22 heavy (non-hydrogen) atoms. The number of benzene rings is 2. The molecule has 2 aromatic carbocycles. The molecule has 0 fully saturated rings. The van der Waals surface area contributed by atoms with Gasteiger partial charge in [0.25, 0.3) is 5.91 Å². The summed E-state index contributed by atoms with van der Waals surface area (Å²) < 4.78 is 5.69. The molecule has 6 heteroatoms. The van der Waals surface area contributed by atoms with Crippen LogP contribution < -0.4 is 10.1 Å². The maximum atomic E-state index is 11.9. The SMILES string of the molecule is Cn1ncc(C(=O)Nc2ccc(Oc3ccccc3)cc2)n1. The zero-order valence-electron chi connectivity index (χ0n) is 11.9. The fourth-order valence-electron chi connectivity index (χ4n) is 1.88.